The summed E-state index contributed by atoms with van der Waals surface area (Å²) in [6.07, 6.45) is 3.46. The first-order chi connectivity index (χ1) is 15.3. The predicted molar refractivity (Wildman–Crippen MR) is 117 cm³/mol. The Hall–Kier alpha value is -2.73. The van der Waals surface area contributed by atoms with Crippen LogP contribution in [-0.2, 0) is 26.5 Å². The van der Waals surface area contributed by atoms with Gasteiger partial charge in [0.25, 0.3) is 0 Å². The van der Waals surface area contributed by atoms with Crippen LogP contribution in [0, 0.1) is 0 Å². The first-order valence-corrected chi connectivity index (χ1v) is 12.9. The molecule has 11 heteroatoms. The van der Waals surface area contributed by atoms with Crippen LogP contribution in [0.5, 0.6) is 5.75 Å². The summed E-state index contributed by atoms with van der Waals surface area (Å²) < 4.78 is 65.1. The lowest BCUT2D eigenvalue weighted by molar-refractivity contribution is 0.415. The molecule has 2 N–H and O–H groups in total. The summed E-state index contributed by atoms with van der Waals surface area (Å²) in [5.74, 6) is 1.15. The van der Waals surface area contributed by atoms with E-state index in [1.54, 1.807) is 19.2 Å². The molecular formula is C21H23N3O6S2. The minimum atomic E-state index is -3.79. The zero-order chi connectivity index (χ0) is 22.8. The molecule has 2 aromatic carbocycles. The molecule has 32 heavy (non-hydrogen) atoms. The normalized spacial score (nSPS) is 14.4. The van der Waals surface area contributed by atoms with Crippen LogP contribution in [0.15, 0.2) is 69.0 Å². The zero-order valence-corrected chi connectivity index (χ0v) is 18.9. The molecule has 1 heterocycles. The molecule has 0 unspecified atom stereocenters. The lowest BCUT2D eigenvalue weighted by Gasteiger charge is -2.08. The van der Waals surface area contributed by atoms with Crippen molar-refractivity contribution in [3.8, 4) is 17.2 Å². The Morgan fingerprint density at radius 2 is 1.59 bits per heavy atom. The molecule has 0 atom stereocenters. The quantitative estimate of drug-likeness (QED) is 0.459. The molecule has 0 radical (unpaired) electrons. The summed E-state index contributed by atoms with van der Waals surface area (Å²) in [5.41, 5.74) is 1.38. The highest BCUT2D eigenvalue weighted by atomic mass is 32.2. The zero-order valence-electron chi connectivity index (χ0n) is 17.3. The third-order valence-corrected chi connectivity index (χ3v) is 7.92. The number of rotatable bonds is 10. The molecule has 1 aromatic heterocycles. The van der Waals surface area contributed by atoms with Gasteiger partial charge in [-0.2, -0.15) is 0 Å². The van der Waals surface area contributed by atoms with Crippen LogP contribution in [0.3, 0.4) is 0 Å². The van der Waals surface area contributed by atoms with Gasteiger partial charge in [-0.3, -0.25) is 0 Å². The van der Waals surface area contributed by atoms with Crippen LogP contribution < -0.4 is 14.2 Å². The van der Waals surface area contributed by atoms with Gasteiger partial charge in [-0.15, -0.1) is 0 Å². The highest BCUT2D eigenvalue weighted by molar-refractivity contribution is 7.90. The Labute approximate surface area is 186 Å². The topological polar surface area (TPSA) is 128 Å². The fraction of sp³-hybridized carbons (Fsp3) is 0.286. The van der Waals surface area contributed by atoms with Gasteiger partial charge in [0, 0.05) is 24.6 Å². The number of nitrogens with one attached hydrogen (secondary N) is 2. The number of hydrogen-bond acceptors (Lipinski definition) is 7. The van der Waals surface area contributed by atoms with Gasteiger partial charge in [-0.25, -0.2) is 31.3 Å². The van der Waals surface area contributed by atoms with E-state index in [0.717, 1.165) is 24.2 Å². The Morgan fingerprint density at radius 3 is 2.19 bits per heavy atom. The highest BCUT2D eigenvalue weighted by Gasteiger charge is 2.28. The Morgan fingerprint density at radius 1 is 0.969 bits per heavy atom. The molecule has 1 aliphatic carbocycles. The predicted octanol–water partition coefficient (Wildman–Crippen LogP) is 2.31. The average Bonchev–Trinajstić information content (AvgIpc) is 3.46. The van der Waals surface area contributed by atoms with E-state index in [2.05, 4.69) is 14.4 Å². The number of benzene rings is 2. The lowest BCUT2D eigenvalue weighted by atomic mass is 10.2. The van der Waals surface area contributed by atoms with Crippen molar-refractivity contribution in [1.29, 1.82) is 0 Å². The molecule has 3 aromatic rings. The van der Waals surface area contributed by atoms with Crippen LogP contribution in [0.2, 0.25) is 0 Å². The van der Waals surface area contributed by atoms with Gasteiger partial charge in [0.1, 0.15) is 12.0 Å². The summed E-state index contributed by atoms with van der Waals surface area (Å²) in [4.78, 5) is 4.41. The van der Waals surface area contributed by atoms with Gasteiger partial charge >= 0.3 is 0 Å². The van der Waals surface area contributed by atoms with Crippen molar-refractivity contribution >= 4 is 20.0 Å². The van der Waals surface area contributed by atoms with Crippen LogP contribution >= 0.6 is 0 Å². The second-order valence-electron chi connectivity index (χ2n) is 7.39. The molecule has 0 amide bonds. The van der Waals surface area contributed by atoms with Crippen molar-refractivity contribution < 1.29 is 26.0 Å². The summed E-state index contributed by atoms with van der Waals surface area (Å²) in [6.45, 7) is 0.111. The van der Waals surface area contributed by atoms with E-state index in [0.29, 0.717) is 18.0 Å². The van der Waals surface area contributed by atoms with Crippen molar-refractivity contribution in [2.45, 2.75) is 35.1 Å². The van der Waals surface area contributed by atoms with E-state index in [1.165, 1.54) is 30.5 Å². The lowest BCUT2D eigenvalue weighted by Crippen LogP contribution is -2.27. The van der Waals surface area contributed by atoms with E-state index >= 15 is 0 Å². The largest absolute Gasteiger partial charge is 0.497 e. The molecule has 4 rings (SSSR count). The number of oxazole rings is 1. The van der Waals surface area contributed by atoms with Gasteiger partial charge in [0.15, 0.2) is 0 Å². The Kier molecular flexibility index (Phi) is 6.33. The van der Waals surface area contributed by atoms with Gasteiger partial charge in [-0.05, 0) is 61.4 Å². The van der Waals surface area contributed by atoms with E-state index < -0.39 is 20.0 Å². The van der Waals surface area contributed by atoms with E-state index in [-0.39, 0.29) is 22.4 Å². The van der Waals surface area contributed by atoms with Crippen molar-refractivity contribution in [2.24, 2.45) is 0 Å². The second kappa shape index (κ2) is 9.02. The minimum Gasteiger partial charge on any atom is -0.497 e. The summed E-state index contributed by atoms with van der Waals surface area (Å²) in [6, 6.07) is 12.4. The first-order valence-electron chi connectivity index (χ1n) is 9.98. The molecular weight excluding hydrogens is 454 g/mol. The van der Waals surface area contributed by atoms with Crippen LogP contribution in [0.1, 0.15) is 18.5 Å². The average molecular weight is 478 g/mol. The molecule has 1 aliphatic rings. The van der Waals surface area contributed by atoms with Crippen molar-refractivity contribution in [3.05, 3.63) is 60.5 Å². The fourth-order valence-electron chi connectivity index (χ4n) is 2.97. The summed E-state index contributed by atoms with van der Waals surface area (Å²) >= 11 is 0. The number of aromatic nitrogens is 1. The summed E-state index contributed by atoms with van der Waals surface area (Å²) in [7, 11) is -5.84. The summed E-state index contributed by atoms with van der Waals surface area (Å²) in [5, 5.41) is 0. The van der Waals surface area contributed by atoms with Gasteiger partial charge in [0.05, 0.1) is 22.6 Å². The maximum Gasteiger partial charge on any atom is 0.240 e. The van der Waals surface area contributed by atoms with E-state index in [1.807, 2.05) is 12.1 Å². The number of hydrogen-bond donors (Lipinski definition) is 2. The maximum absolute atomic E-state index is 12.5. The second-order valence-corrected chi connectivity index (χ2v) is 10.9. The van der Waals surface area contributed by atoms with Gasteiger partial charge < -0.3 is 9.15 Å². The van der Waals surface area contributed by atoms with Crippen LogP contribution in [0.4, 0.5) is 0 Å². The van der Waals surface area contributed by atoms with Crippen LogP contribution in [-0.4, -0.2) is 41.5 Å². The Balaban J connectivity index is 1.34. The van der Waals surface area contributed by atoms with Crippen molar-refractivity contribution in [3.63, 3.8) is 0 Å². The van der Waals surface area contributed by atoms with Gasteiger partial charge in [0.2, 0.25) is 25.9 Å². The molecule has 0 bridgehead atoms. The molecule has 0 spiro atoms. The van der Waals surface area contributed by atoms with Crippen molar-refractivity contribution in [2.75, 3.05) is 13.7 Å². The molecule has 1 fully saturated rings. The molecule has 0 aliphatic heterocycles. The number of nitrogens with zero attached hydrogens (tertiary/aromatic N) is 1. The van der Waals surface area contributed by atoms with E-state index in [9.17, 15) is 16.8 Å². The Bertz CT molecular complexity index is 1280. The molecule has 9 nitrogen and oxygen atoms in total. The van der Waals surface area contributed by atoms with Gasteiger partial charge in [-0.1, -0.05) is 0 Å². The smallest absolute Gasteiger partial charge is 0.240 e. The maximum atomic E-state index is 12.5. The number of ether oxygens (including phenoxy) is 1. The third-order valence-electron chi connectivity index (χ3n) is 4.91. The first kappa shape index (κ1) is 22.5. The number of sulfonamides is 2. The standard InChI is InChI=1S/C21H23N3O6S2/c1-29-18-6-2-15(3-7-18)21-23-17(14-30-21)12-13-22-31(25,26)19-8-10-20(11-9-19)32(27,28)24-16-4-5-16/h2-3,6-11,14,16,22,24H,4-5,12-13H2,1H3. The highest BCUT2D eigenvalue weighted by Crippen LogP contribution is 2.23. The van der Waals surface area contributed by atoms with Crippen molar-refractivity contribution in [1.82, 2.24) is 14.4 Å². The minimum absolute atomic E-state index is 0.0121. The molecule has 1 saturated carbocycles. The van der Waals surface area contributed by atoms with Crippen LogP contribution in [0.25, 0.3) is 11.5 Å². The molecule has 0 saturated heterocycles. The fourth-order valence-corrected chi connectivity index (χ4v) is 5.31. The van der Waals surface area contributed by atoms with E-state index in [4.69, 9.17) is 9.15 Å². The third kappa shape index (κ3) is 5.36. The SMILES string of the molecule is COc1ccc(-c2nc(CCNS(=O)(=O)c3ccc(S(=O)(=O)NC4CC4)cc3)co2)cc1. The number of methoxy groups -OCH3 is 1. The molecule has 170 valence electrons. The monoisotopic (exact) mass is 477 g/mol.